The van der Waals surface area contributed by atoms with Crippen LogP contribution in [0.1, 0.15) is 277 Å². The zero-order chi connectivity index (χ0) is 43.0. The Bertz CT molecular complexity index is 916. The Morgan fingerprint density at radius 1 is 0.441 bits per heavy atom. The van der Waals surface area contributed by atoms with Crippen molar-refractivity contribution >= 4 is 5.91 Å². The van der Waals surface area contributed by atoms with E-state index in [9.17, 15) is 20.1 Å². The van der Waals surface area contributed by atoms with Crippen molar-refractivity contribution in [2.45, 2.75) is 295 Å². The molecule has 0 aliphatic rings. The number of hydrogen-bond donors (Lipinski definition) is 4. The molecule has 0 aromatic heterocycles. The van der Waals surface area contributed by atoms with Gasteiger partial charge in [-0.1, -0.05) is 256 Å². The summed E-state index contributed by atoms with van der Waals surface area (Å²) < 4.78 is 0. The summed E-state index contributed by atoms with van der Waals surface area (Å²) in [6.45, 7) is 4.23. The number of rotatable bonds is 48. The monoisotopic (exact) mass is 830 g/mol. The van der Waals surface area contributed by atoms with Gasteiger partial charge in [0.05, 0.1) is 31.3 Å². The number of carbonyl (C=O) groups is 1. The minimum atomic E-state index is -0.934. The van der Waals surface area contributed by atoms with Crippen LogP contribution >= 0.6 is 0 Å². The van der Waals surface area contributed by atoms with Crippen molar-refractivity contribution in [1.29, 1.82) is 0 Å². The molecule has 5 heteroatoms. The van der Waals surface area contributed by atoms with E-state index in [0.717, 1.165) is 44.9 Å². The van der Waals surface area contributed by atoms with Crippen LogP contribution in [-0.2, 0) is 4.79 Å². The van der Waals surface area contributed by atoms with Crippen molar-refractivity contribution in [3.05, 3.63) is 36.5 Å². The van der Waals surface area contributed by atoms with Crippen LogP contribution in [0.4, 0.5) is 0 Å². The summed E-state index contributed by atoms with van der Waals surface area (Å²) in [6, 6.07) is -0.750. The number of hydrogen-bond acceptors (Lipinski definition) is 4. The Labute approximate surface area is 368 Å². The summed E-state index contributed by atoms with van der Waals surface area (Å²) in [6.07, 6.45) is 63.1. The molecule has 0 fully saturated rings. The highest BCUT2D eigenvalue weighted by Gasteiger charge is 2.20. The quantitative estimate of drug-likeness (QED) is 0.0363. The predicted octanol–water partition coefficient (Wildman–Crippen LogP) is 15.9. The molecule has 0 saturated carbocycles. The lowest BCUT2D eigenvalue weighted by molar-refractivity contribution is -0.124. The SMILES string of the molecule is CCCCCCCCCCC/C=C\C/C=C\CCCCCCCC(O)CC(=O)NC(CO)C(O)/C=C/CCCCCCCCCCCCCCCCCCCCCCC. The first-order chi connectivity index (χ1) is 29.0. The summed E-state index contributed by atoms with van der Waals surface area (Å²) in [5, 5.41) is 33.4. The summed E-state index contributed by atoms with van der Waals surface area (Å²) in [5.41, 5.74) is 0. The Hall–Kier alpha value is -1.43. The maximum atomic E-state index is 12.5. The number of unbranched alkanes of at least 4 members (excludes halogenated alkanes) is 35. The smallest absolute Gasteiger partial charge is 0.222 e. The van der Waals surface area contributed by atoms with E-state index in [1.165, 1.54) is 205 Å². The van der Waals surface area contributed by atoms with E-state index < -0.39 is 18.2 Å². The number of aliphatic hydroxyl groups excluding tert-OH is 3. The van der Waals surface area contributed by atoms with E-state index in [-0.39, 0.29) is 18.9 Å². The third-order valence-corrected chi connectivity index (χ3v) is 12.2. The number of amides is 1. The third-order valence-electron chi connectivity index (χ3n) is 12.2. The molecule has 0 bridgehead atoms. The van der Waals surface area contributed by atoms with Crippen molar-refractivity contribution in [2.75, 3.05) is 6.61 Å². The van der Waals surface area contributed by atoms with Gasteiger partial charge in [-0.15, -0.1) is 0 Å². The summed E-state index contributed by atoms with van der Waals surface area (Å²) in [4.78, 5) is 12.5. The van der Waals surface area contributed by atoms with E-state index in [1.807, 2.05) is 6.08 Å². The molecule has 3 unspecified atom stereocenters. The largest absolute Gasteiger partial charge is 0.394 e. The number of nitrogens with one attached hydrogen (secondary N) is 1. The summed E-state index contributed by atoms with van der Waals surface area (Å²) >= 11 is 0. The first-order valence-corrected chi connectivity index (χ1v) is 26.3. The van der Waals surface area contributed by atoms with E-state index in [4.69, 9.17) is 0 Å². The Morgan fingerprint density at radius 3 is 1.12 bits per heavy atom. The van der Waals surface area contributed by atoms with Crippen LogP contribution in [0.2, 0.25) is 0 Å². The van der Waals surface area contributed by atoms with E-state index >= 15 is 0 Å². The molecule has 0 aromatic rings. The lowest BCUT2D eigenvalue weighted by Crippen LogP contribution is -2.45. The average Bonchev–Trinajstić information content (AvgIpc) is 3.23. The van der Waals surface area contributed by atoms with Gasteiger partial charge in [0.2, 0.25) is 5.91 Å². The fourth-order valence-electron chi connectivity index (χ4n) is 8.14. The molecule has 0 heterocycles. The zero-order valence-electron chi connectivity index (χ0n) is 39.6. The van der Waals surface area contributed by atoms with Crippen LogP contribution in [0.3, 0.4) is 0 Å². The second-order valence-electron chi connectivity index (χ2n) is 18.1. The van der Waals surface area contributed by atoms with Gasteiger partial charge in [0.25, 0.3) is 0 Å². The molecule has 4 N–H and O–H groups in total. The zero-order valence-corrected chi connectivity index (χ0v) is 39.6. The first-order valence-electron chi connectivity index (χ1n) is 26.3. The molecule has 0 aromatic carbocycles. The van der Waals surface area contributed by atoms with Crippen LogP contribution in [-0.4, -0.2) is 46.1 Å². The number of allylic oxidation sites excluding steroid dienone is 5. The van der Waals surface area contributed by atoms with Gasteiger partial charge >= 0.3 is 0 Å². The first kappa shape index (κ1) is 57.6. The molecule has 0 saturated heterocycles. The standard InChI is InChI=1S/C54H103NO4/c1-3-5-7-9-11-13-15-17-19-21-23-25-26-28-30-32-34-36-38-40-42-44-46-48-53(58)52(50-56)55-54(59)49-51(57)47-45-43-41-39-37-35-33-31-29-27-24-22-20-18-16-14-12-10-8-6-4-2/h24,27,31,33,46,48,51-53,56-58H,3-23,25-26,28-30,32,34-45,47,49-50H2,1-2H3,(H,55,59)/b27-24-,33-31-,48-46+. The average molecular weight is 830 g/mol. The molecule has 1 amide bonds. The molecule has 5 nitrogen and oxygen atoms in total. The highest BCUT2D eigenvalue weighted by atomic mass is 16.3. The Balaban J connectivity index is 3.63. The normalized spacial score (nSPS) is 13.6. The highest BCUT2D eigenvalue weighted by molar-refractivity contribution is 5.76. The maximum absolute atomic E-state index is 12.5. The van der Waals surface area contributed by atoms with Gasteiger partial charge < -0.3 is 20.6 Å². The van der Waals surface area contributed by atoms with Gasteiger partial charge in [-0.05, 0) is 51.4 Å². The van der Waals surface area contributed by atoms with Gasteiger partial charge in [-0.25, -0.2) is 0 Å². The van der Waals surface area contributed by atoms with Gasteiger partial charge in [0.15, 0.2) is 0 Å². The second-order valence-corrected chi connectivity index (χ2v) is 18.1. The van der Waals surface area contributed by atoms with Crippen molar-refractivity contribution < 1.29 is 20.1 Å². The molecule has 0 radical (unpaired) electrons. The summed E-state index contributed by atoms with van der Waals surface area (Å²) in [5.74, 6) is -0.321. The Kier molecular flexibility index (Phi) is 48.0. The Morgan fingerprint density at radius 2 is 0.763 bits per heavy atom. The number of carbonyl (C=O) groups excluding carboxylic acids is 1. The van der Waals surface area contributed by atoms with E-state index in [2.05, 4.69) is 43.5 Å². The van der Waals surface area contributed by atoms with Gasteiger partial charge in [0, 0.05) is 0 Å². The predicted molar refractivity (Wildman–Crippen MR) is 259 cm³/mol. The van der Waals surface area contributed by atoms with Gasteiger partial charge in [-0.3, -0.25) is 4.79 Å². The third kappa shape index (κ3) is 45.9. The topological polar surface area (TPSA) is 89.8 Å². The summed E-state index contributed by atoms with van der Waals surface area (Å²) in [7, 11) is 0. The molecule has 348 valence electrons. The lowest BCUT2D eigenvalue weighted by atomic mass is 10.0. The van der Waals surface area contributed by atoms with Crippen LogP contribution in [0.5, 0.6) is 0 Å². The van der Waals surface area contributed by atoms with Crippen LogP contribution < -0.4 is 5.32 Å². The van der Waals surface area contributed by atoms with Crippen molar-refractivity contribution in [3.63, 3.8) is 0 Å². The van der Waals surface area contributed by atoms with Gasteiger partial charge in [-0.2, -0.15) is 0 Å². The molecule has 0 rings (SSSR count). The molecule has 0 aliphatic heterocycles. The molecule has 0 aliphatic carbocycles. The van der Waals surface area contributed by atoms with E-state index in [0.29, 0.717) is 6.42 Å². The molecular formula is C54H103NO4. The minimum absolute atomic E-state index is 0.00477. The highest BCUT2D eigenvalue weighted by Crippen LogP contribution is 2.16. The van der Waals surface area contributed by atoms with Crippen molar-refractivity contribution in [2.24, 2.45) is 0 Å². The molecule has 3 atom stereocenters. The van der Waals surface area contributed by atoms with Crippen molar-refractivity contribution in [1.82, 2.24) is 5.32 Å². The fraction of sp³-hybridized carbons (Fsp3) is 0.870. The van der Waals surface area contributed by atoms with Crippen LogP contribution in [0.15, 0.2) is 36.5 Å². The fourth-order valence-corrected chi connectivity index (χ4v) is 8.14. The van der Waals surface area contributed by atoms with E-state index in [1.54, 1.807) is 6.08 Å². The lowest BCUT2D eigenvalue weighted by Gasteiger charge is -2.21. The molecular weight excluding hydrogens is 727 g/mol. The number of aliphatic hydroxyl groups is 3. The van der Waals surface area contributed by atoms with Gasteiger partial charge in [0.1, 0.15) is 0 Å². The minimum Gasteiger partial charge on any atom is -0.394 e. The molecule has 0 spiro atoms. The van der Waals surface area contributed by atoms with Crippen LogP contribution in [0, 0.1) is 0 Å². The van der Waals surface area contributed by atoms with Crippen LogP contribution in [0.25, 0.3) is 0 Å². The second kappa shape index (κ2) is 49.2. The maximum Gasteiger partial charge on any atom is 0.222 e. The van der Waals surface area contributed by atoms with Crippen molar-refractivity contribution in [3.8, 4) is 0 Å². The molecule has 59 heavy (non-hydrogen) atoms.